The Balaban J connectivity index is 0.000000641. The summed E-state index contributed by atoms with van der Waals surface area (Å²) >= 11 is 0. The molecule has 18 heteroatoms. The lowest BCUT2D eigenvalue weighted by Crippen LogP contribution is -2.58. The van der Waals surface area contributed by atoms with Crippen LogP contribution in [0.1, 0.15) is 46.0 Å². The Bertz CT molecular complexity index is 1020. The van der Waals surface area contributed by atoms with Crippen LogP contribution in [0.15, 0.2) is 24.3 Å². The maximum absolute atomic E-state index is 12.5. The van der Waals surface area contributed by atoms with Gasteiger partial charge in [-0.05, 0) is 57.3 Å². The van der Waals surface area contributed by atoms with Crippen molar-refractivity contribution in [3.05, 3.63) is 24.3 Å². The van der Waals surface area contributed by atoms with E-state index in [0.717, 1.165) is 6.42 Å². The summed E-state index contributed by atoms with van der Waals surface area (Å²) < 4.78 is 141. The van der Waals surface area contributed by atoms with Crippen LogP contribution in [0, 0.1) is 17.8 Å². The zero-order chi connectivity index (χ0) is 32.6. The van der Waals surface area contributed by atoms with Crippen molar-refractivity contribution in [3.8, 4) is 0 Å². The van der Waals surface area contributed by atoms with Crippen molar-refractivity contribution in [2.75, 3.05) is 20.3 Å². The van der Waals surface area contributed by atoms with E-state index in [9.17, 15) is 57.5 Å². The highest BCUT2D eigenvalue weighted by Crippen LogP contribution is 2.55. The van der Waals surface area contributed by atoms with E-state index in [4.69, 9.17) is 5.11 Å². The number of hydrogen-bond acceptors (Lipinski definition) is 7. The Labute approximate surface area is 231 Å². The fourth-order valence-corrected chi connectivity index (χ4v) is 4.61. The van der Waals surface area contributed by atoms with Gasteiger partial charge in [0.2, 0.25) is 0 Å². The average molecular weight is 638 g/mol. The maximum atomic E-state index is 12.5. The van der Waals surface area contributed by atoms with E-state index in [1.807, 2.05) is 0 Å². The number of nitrogens with one attached hydrogen (secondary N) is 1. The first kappa shape index (κ1) is 38.7. The molecule has 0 radical (unpaired) electrons. The summed E-state index contributed by atoms with van der Waals surface area (Å²) in [6.07, 6.45) is -9.95. The molecule has 0 aromatic carbocycles. The molecule has 2 N–H and O–H groups in total. The van der Waals surface area contributed by atoms with Crippen molar-refractivity contribution in [2.24, 2.45) is 17.8 Å². The number of fused-ring (bicyclic) bond motifs is 2. The van der Waals surface area contributed by atoms with Crippen molar-refractivity contribution < 1.29 is 72.1 Å². The average Bonchev–Trinajstić information content (AvgIpc) is 3.43. The molecule has 2 bridgehead atoms. The van der Waals surface area contributed by atoms with Gasteiger partial charge in [-0.25, -0.2) is 22.7 Å². The molecular weight excluding hydrogens is 605 g/mol. The van der Waals surface area contributed by atoms with Gasteiger partial charge in [0, 0.05) is 17.7 Å². The fourth-order valence-electron chi connectivity index (χ4n) is 4.10. The number of methoxy groups -OCH3 is 1. The number of alkyl halides is 9. The van der Waals surface area contributed by atoms with Crippen LogP contribution >= 0.6 is 0 Å². The third-order valence-corrected chi connectivity index (χ3v) is 7.39. The van der Waals surface area contributed by atoms with Gasteiger partial charge in [-0.3, -0.25) is 0 Å². The third-order valence-electron chi connectivity index (χ3n) is 6.19. The van der Waals surface area contributed by atoms with Crippen LogP contribution in [-0.4, -0.2) is 69.2 Å². The Morgan fingerprint density at radius 1 is 0.902 bits per heavy atom. The molecule has 2 aliphatic carbocycles. The topological polar surface area (TPSA) is 119 Å². The molecule has 8 nitrogen and oxygen atoms in total. The molecule has 0 aromatic rings. The first-order valence-electron chi connectivity index (χ1n) is 11.8. The molecule has 2 saturated carbocycles. The highest BCUT2D eigenvalue weighted by atomic mass is 32.2. The number of halogens is 9. The Kier molecular flexibility index (Phi) is 13.9. The second-order valence-corrected chi connectivity index (χ2v) is 11.3. The molecule has 2 aliphatic rings. The van der Waals surface area contributed by atoms with Crippen molar-refractivity contribution in [1.29, 1.82) is 0 Å². The van der Waals surface area contributed by atoms with Gasteiger partial charge in [0.15, 0.2) is 0 Å². The number of esters is 2. The van der Waals surface area contributed by atoms with E-state index in [1.54, 1.807) is 6.92 Å². The number of sulfonamides is 1. The van der Waals surface area contributed by atoms with Crippen LogP contribution in [0.25, 0.3) is 0 Å². The molecule has 2 fully saturated rings. The van der Waals surface area contributed by atoms with Crippen LogP contribution in [0.4, 0.5) is 39.5 Å². The summed E-state index contributed by atoms with van der Waals surface area (Å²) in [5.41, 5.74) is -9.43. The van der Waals surface area contributed by atoms with Crippen LogP contribution in [0.3, 0.4) is 0 Å². The molecule has 0 aliphatic heterocycles. The monoisotopic (exact) mass is 637 g/mol. The minimum Gasteiger partial charge on any atom is -0.466 e. The van der Waals surface area contributed by atoms with E-state index in [0.29, 0.717) is 24.8 Å². The minimum atomic E-state index is -5.67. The minimum absolute atomic E-state index is 0.0682. The second-order valence-electron chi connectivity index (χ2n) is 9.53. The lowest BCUT2D eigenvalue weighted by Gasteiger charge is -2.36. The molecule has 2 rings (SSSR count). The van der Waals surface area contributed by atoms with Gasteiger partial charge in [-0.15, -0.1) is 0 Å². The summed E-state index contributed by atoms with van der Waals surface area (Å²) in [7, 11) is -4.05. The quantitative estimate of drug-likeness (QED) is 0.167. The van der Waals surface area contributed by atoms with Crippen LogP contribution in [-0.2, 0) is 29.1 Å². The smallest absolute Gasteiger partial charge is 0.466 e. The summed E-state index contributed by atoms with van der Waals surface area (Å²) in [6, 6.07) is 0. The summed E-state index contributed by atoms with van der Waals surface area (Å²) in [4.78, 5) is 20.9. The van der Waals surface area contributed by atoms with E-state index in [-0.39, 0.29) is 23.4 Å². The van der Waals surface area contributed by atoms with Gasteiger partial charge in [-0.1, -0.05) is 19.6 Å². The number of hydrogen-bond donors (Lipinski definition) is 2. The highest BCUT2D eigenvalue weighted by molar-refractivity contribution is 7.90. The van der Waals surface area contributed by atoms with E-state index < -0.39 is 64.9 Å². The van der Waals surface area contributed by atoms with Gasteiger partial charge < -0.3 is 14.6 Å². The third kappa shape index (κ3) is 11.5. The van der Waals surface area contributed by atoms with Crippen LogP contribution in [0.5, 0.6) is 0 Å². The molecule has 3 unspecified atom stereocenters. The molecule has 41 heavy (non-hydrogen) atoms. The first-order chi connectivity index (χ1) is 18.3. The highest BCUT2D eigenvalue weighted by Gasteiger charge is 2.71. The SMILES string of the molecule is C=C(C)C(=O)OC.C=C(C)C(=O)OCCNS(=O)(=O)C(F)(F)F.OC(CC1CC2CCC1C2)(C(F)(F)F)C(F)(F)F. The van der Waals surface area contributed by atoms with Crippen molar-refractivity contribution in [2.45, 2.75) is 69.4 Å². The predicted octanol–water partition coefficient (Wildman–Crippen LogP) is 4.95. The Morgan fingerprint density at radius 3 is 1.68 bits per heavy atom. The first-order valence-corrected chi connectivity index (χ1v) is 13.3. The summed E-state index contributed by atoms with van der Waals surface area (Å²) in [5, 5.41) is 9.12. The molecule has 240 valence electrons. The van der Waals surface area contributed by atoms with Gasteiger partial charge in [0.25, 0.3) is 5.60 Å². The largest absolute Gasteiger partial charge is 0.511 e. The molecule has 3 atom stereocenters. The predicted molar refractivity (Wildman–Crippen MR) is 126 cm³/mol. The number of aliphatic hydroxyl groups is 1. The molecule has 0 spiro atoms. The summed E-state index contributed by atoms with van der Waals surface area (Å²) in [6.45, 7) is 8.38. The number of carbonyl (C=O) groups excluding carboxylic acids is 2. The van der Waals surface area contributed by atoms with Crippen molar-refractivity contribution >= 4 is 22.0 Å². The van der Waals surface area contributed by atoms with Gasteiger partial charge in [0.1, 0.15) is 6.61 Å². The Hall–Kier alpha value is -2.34. The zero-order valence-corrected chi connectivity index (χ0v) is 23.1. The number of ether oxygens (including phenoxy) is 2. The van der Waals surface area contributed by atoms with Gasteiger partial charge in [-0.2, -0.15) is 39.5 Å². The molecule has 0 heterocycles. The normalized spacial score (nSPS) is 20.7. The maximum Gasteiger partial charge on any atom is 0.511 e. The molecule has 0 saturated heterocycles. The molecule has 0 amide bonds. The van der Waals surface area contributed by atoms with E-state index in [1.165, 1.54) is 18.8 Å². The van der Waals surface area contributed by atoms with Gasteiger partial charge in [0.05, 0.1) is 7.11 Å². The number of rotatable bonds is 8. The molecular formula is C23H32F9NO7S. The van der Waals surface area contributed by atoms with Gasteiger partial charge >= 0.3 is 39.8 Å². The lowest BCUT2D eigenvalue weighted by atomic mass is 9.79. The van der Waals surface area contributed by atoms with E-state index >= 15 is 0 Å². The zero-order valence-electron chi connectivity index (χ0n) is 22.3. The number of carbonyl (C=O) groups is 2. The summed E-state index contributed by atoms with van der Waals surface area (Å²) in [5.74, 6) is -1.67. The lowest BCUT2D eigenvalue weighted by molar-refractivity contribution is -0.373. The van der Waals surface area contributed by atoms with Crippen molar-refractivity contribution in [1.82, 2.24) is 4.72 Å². The van der Waals surface area contributed by atoms with Crippen LogP contribution in [0.2, 0.25) is 0 Å². The Morgan fingerprint density at radius 2 is 1.39 bits per heavy atom. The second kappa shape index (κ2) is 14.7. The van der Waals surface area contributed by atoms with Crippen molar-refractivity contribution in [3.63, 3.8) is 0 Å². The standard InChI is InChI=1S/C11H14F6O.C7H10F3NO4S.C5H8O2/c12-10(13,14)9(18,11(15,16)17)5-8-4-6-1-2-7(8)3-6;1-5(2)6(12)15-4-3-11-16(13,14)7(8,9)10;1-4(2)5(6)7-3/h6-8,18H,1-5H2;11H,1,3-4H2,2H3;1H2,2-3H3. The fraction of sp³-hybridized carbons (Fsp3) is 0.739. The molecule has 0 aromatic heterocycles. The van der Waals surface area contributed by atoms with Crippen LogP contribution < -0.4 is 4.72 Å². The van der Waals surface area contributed by atoms with E-state index in [2.05, 4.69) is 22.6 Å².